The van der Waals surface area contributed by atoms with Crippen LogP contribution in [-0.4, -0.2) is 18.1 Å². The largest absolute Gasteiger partial charge is 0.316 e. The predicted molar refractivity (Wildman–Crippen MR) is 60.8 cm³/mol. The molecule has 1 atom stereocenters. The number of aryl methyl sites for hydroxylation is 2. The molecule has 0 saturated carbocycles. The normalized spacial score (nSPS) is 21.6. The second kappa shape index (κ2) is 4.89. The Balaban J connectivity index is 1.79. The molecule has 0 aromatic carbocycles. The van der Waals surface area contributed by atoms with Crippen molar-refractivity contribution in [3.63, 3.8) is 0 Å². The van der Waals surface area contributed by atoms with E-state index in [0.717, 1.165) is 12.3 Å². The van der Waals surface area contributed by atoms with E-state index >= 15 is 0 Å². The molecule has 1 aliphatic rings. The van der Waals surface area contributed by atoms with Crippen molar-refractivity contribution in [1.82, 2.24) is 10.3 Å². The van der Waals surface area contributed by atoms with Gasteiger partial charge in [0, 0.05) is 5.38 Å². The number of nitrogens with one attached hydrogen (secondary N) is 1. The van der Waals surface area contributed by atoms with Gasteiger partial charge in [-0.3, -0.25) is 0 Å². The first-order valence-electron chi connectivity index (χ1n) is 5.52. The summed E-state index contributed by atoms with van der Waals surface area (Å²) in [4.78, 5) is 4.59. The lowest BCUT2D eigenvalue weighted by Crippen LogP contribution is -2.09. The molecule has 1 aromatic heterocycles. The van der Waals surface area contributed by atoms with Gasteiger partial charge in [-0.1, -0.05) is 6.92 Å². The first-order valence-corrected chi connectivity index (χ1v) is 6.40. The second-order valence-corrected chi connectivity index (χ2v) is 4.93. The van der Waals surface area contributed by atoms with Crippen LogP contribution in [0.1, 0.15) is 30.5 Å². The maximum absolute atomic E-state index is 4.59. The van der Waals surface area contributed by atoms with Crippen molar-refractivity contribution in [2.75, 3.05) is 13.1 Å². The molecule has 1 aliphatic heterocycles. The average molecular weight is 210 g/mol. The molecule has 0 bridgehead atoms. The third-order valence-corrected chi connectivity index (χ3v) is 3.85. The van der Waals surface area contributed by atoms with E-state index in [0.29, 0.717) is 0 Å². The van der Waals surface area contributed by atoms with Gasteiger partial charge in [0.25, 0.3) is 0 Å². The van der Waals surface area contributed by atoms with Gasteiger partial charge in [-0.25, -0.2) is 4.98 Å². The number of rotatable bonds is 4. The molecule has 2 heterocycles. The molecule has 0 spiro atoms. The molecule has 1 saturated heterocycles. The van der Waals surface area contributed by atoms with Crippen molar-refractivity contribution in [2.24, 2.45) is 5.92 Å². The molecule has 0 radical (unpaired) electrons. The number of hydrogen-bond donors (Lipinski definition) is 1. The van der Waals surface area contributed by atoms with E-state index in [2.05, 4.69) is 22.6 Å². The highest BCUT2D eigenvalue weighted by atomic mass is 32.1. The van der Waals surface area contributed by atoms with Gasteiger partial charge in [0.1, 0.15) is 0 Å². The van der Waals surface area contributed by atoms with Gasteiger partial charge >= 0.3 is 0 Å². The Morgan fingerprint density at radius 2 is 2.57 bits per heavy atom. The molecule has 0 amide bonds. The third kappa shape index (κ3) is 2.55. The maximum atomic E-state index is 4.59. The standard InChI is InChI=1S/C11H18N2S/c1-2-10-8-14-11(13-10)4-3-9-5-6-12-7-9/h8-9,12H,2-7H2,1H3. The van der Waals surface area contributed by atoms with Crippen LogP contribution in [0.15, 0.2) is 5.38 Å². The molecule has 1 unspecified atom stereocenters. The summed E-state index contributed by atoms with van der Waals surface area (Å²) in [6, 6.07) is 0. The first kappa shape index (κ1) is 10.1. The van der Waals surface area contributed by atoms with Crippen LogP contribution in [-0.2, 0) is 12.8 Å². The lowest BCUT2D eigenvalue weighted by atomic mass is 10.0. The second-order valence-electron chi connectivity index (χ2n) is 3.98. The number of aromatic nitrogens is 1. The van der Waals surface area contributed by atoms with E-state index in [9.17, 15) is 0 Å². The summed E-state index contributed by atoms with van der Waals surface area (Å²) in [5.41, 5.74) is 1.26. The summed E-state index contributed by atoms with van der Waals surface area (Å²) >= 11 is 1.83. The predicted octanol–water partition coefficient (Wildman–Crippen LogP) is 2.25. The van der Waals surface area contributed by atoms with E-state index in [1.807, 2.05) is 11.3 Å². The molecular formula is C11H18N2S. The lowest BCUT2D eigenvalue weighted by molar-refractivity contribution is 0.532. The van der Waals surface area contributed by atoms with Crippen LogP contribution < -0.4 is 5.32 Å². The van der Waals surface area contributed by atoms with Gasteiger partial charge in [0.15, 0.2) is 0 Å². The zero-order valence-corrected chi connectivity index (χ0v) is 9.57. The van der Waals surface area contributed by atoms with Crippen LogP contribution in [0.5, 0.6) is 0 Å². The Kier molecular flexibility index (Phi) is 3.54. The van der Waals surface area contributed by atoms with E-state index < -0.39 is 0 Å². The highest BCUT2D eigenvalue weighted by Crippen LogP contribution is 2.18. The van der Waals surface area contributed by atoms with Crippen molar-refractivity contribution in [3.8, 4) is 0 Å². The topological polar surface area (TPSA) is 24.9 Å². The molecular weight excluding hydrogens is 192 g/mol. The summed E-state index contributed by atoms with van der Waals surface area (Å²) in [5, 5.41) is 6.93. The van der Waals surface area contributed by atoms with Gasteiger partial charge in [0.05, 0.1) is 10.7 Å². The van der Waals surface area contributed by atoms with Crippen molar-refractivity contribution >= 4 is 11.3 Å². The Bertz CT molecular complexity index is 277. The highest BCUT2D eigenvalue weighted by molar-refractivity contribution is 7.09. The van der Waals surface area contributed by atoms with Crippen molar-refractivity contribution in [2.45, 2.75) is 32.6 Å². The van der Waals surface area contributed by atoms with Gasteiger partial charge in [0.2, 0.25) is 0 Å². The van der Waals surface area contributed by atoms with E-state index in [-0.39, 0.29) is 0 Å². The maximum Gasteiger partial charge on any atom is 0.0928 e. The summed E-state index contributed by atoms with van der Waals surface area (Å²) < 4.78 is 0. The summed E-state index contributed by atoms with van der Waals surface area (Å²) in [6.45, 7) is 4.59. The Morgan fingerprint density at radius 3 is 3.21 bits per heavy atom. The molecule has 3 heteroatoms. The van der Waals surface area contributed by atoms with Gasteiger partial charge < -0.3 is 5.32 Å². The fourth-order valence-electron chi connectivity index (χ4n) is 1.91. The van der Waals surface area contributed by atoms with Gasteiger partial charge in [-0.2, -0.15) is 0 Å². The third-order valence-electron chi connectivity index (χ3n) is 2.89. The number of thiazole rings is 1. The minimum atomic E-state index is 0.893. The Hall–Kier alpha value is -0.410. The van der Waals surface area contributed by atoms with Crippen LogP contribution in [0.3, 0.4) is 0 Å². The minimum Gasteiger partial charge on any atom is -0.316 e. The van der Waals surface area contributed by atoms with Crippen LogP contribution >= 0.6 is 11.3 Å². The summed E-state index contributed by atoms with van der Waals surface area (Å²) in [6.07, 6.45) is 4.91. The molecule has 1 fully saturated rings. The number of nitrogens with zero attached hydrogens (tertiary/aromatic N) is 1. The smallest absolute Gasteiger partial charge is 0.0928 e. The lowest BCUT2D eigenvalue weighted by Gasteiger charge is -2.04. The SMILES string of the molecule is CCc1csc(CCC2CCNC2)n1. The highest BCUT2D eigenvalue weighted by Gasteiger charge is 2.14. The molecule has 2 rings (SSSR count). The fraction of sp³-hybridized carbons (Fsp3) is 0.727. The van der Waals surface area contributed by atoms with E-state index in [4.69, 9.17) is 0 Å². The van der Waals surface area contributed by atoms with Crippen molar-refractivity contribution in [3.05, 3.63) is 16.1 Å². The Morgan fingerprint density at radius 1 is 1.64 bits per heavy atom. The summed E-state index contributed by atoms with van der Waals surface area (Å²) in [5.74, 6) is 0.893. The molecule has 78 valence electrons. The van der Waals surface area contributed by atoms with Crippen molar-refractivity contribution in [1.29, 1.82) is 0 Å². The van der Waals surface area contributed by atoms with Crippen LogP contribution in [0, 0.1) is 5.92 Å². The molecule has 2 nitrogen and oxygen atoms in total. The summed E-state index contributed by atoms with van der Waals surface area (Å²) in [7, 11) is 0. The zero-order chi connectivity index (χ0) is 9.80. The molecule has 1 aromatic rings. The van der Waals surface area contributed by atoms with Gasteiger partial charge in [-0.05, 0) is 44.7 Å². The zero-order valence-electron chi connectivity index (χ0n) is 8.75. The molecule has 0 aliphatic carbocycles. The van der Waals surface area contributed by atoms with Crippen LogP contribution in [0.4, 0.5) is 0 Å². The molecule has 1 N–H and O–H groups in total. The van der Waals surface area contributed by atoms with Crippen LogP contribution in [0.2, 0.25) is 0 Å². The fourth-order valence-corrected chi connectivity index (χ4v) is 2.81. The monoisotopic (exact) mass is 210 g/mol. The Labute approximate surface area is 89.8 Å². The minimum absolute atomic E-state index is 0.893. The quantitative estimate of drug-likeness (QED) is 0.824. The van der Waals surface area contributed by atoms with E-state index in [1.54, 1.807) is 0 Å². The van der Waals surface area contributed by atoms with Crippen molar-refractivity contribution < 1.29 is 0 Å². The first-order chi connectivity index (χ1) is 6.88. The number of hydrogen-bond acceptors (Lipinski definition) is 3. The van der Waals surface area contributed by atoms with E-state index in [1.165, 1.54) is 43.1 Å². The molecule has 14 heavy (non-hydrogen) atoms. The average Bonchev–Trinajstić information content (AvgIpc) is 2.86. The van der Waals surface area contributed by atoms with Crippen LogP contribution in [0.25, 0.3) is 0 Å². The van der Waals surface area contributed by atoms with Gasteiger partial charge in [-0.15, -0.1) is 11.3 Å².